The molecule has 5 atom stereocenters. The molecule has 0 amide bonds. The Labute approximate surface area is 179 Å². The molecule has 0 radical (unpaired) electrons. The third-order valence-electron chi connectivity index (χ3n) is 5.44. The Morgan fingerprint density at radius 3 is 2.16 bits per heavy atom. The van der Waals surface area contributed by atoms with Crippen molar-refractivity contribution in [1.82, 2.24) is 0 Å². The van der Waals surface area contributed by atoms with Gasteiger partial charge in [-0.05, 0) is 24.3 Å². The average molecular weight is 448 g/mol. The average Bonchev–Trinajstić information content (AvgIpc) is 2.76. The third-order valence-corrected chi connectivity index (χ3v) is 5.44. The normalized spacial score (nSPS) is 25.8. The summed E-state index contributed by atoms with van der Waals surface area (Å²) in [6.07, 6.45) is -8.26. The maximum Gasteiger partial charge on any atom is 0.203 e. The largest absolute Gasteiger partial charge is 0.508 e. The monoisotopic (exact) mass is 448 g/mol. The topological polar surface area (TPSA) is 201 Å². The van der Waals surface area contributed by atoms with Gasteiger partial charge in [0.2, 0.25) is 11.2 Å². The van der Waals surface area contributed by atoms with Crippen molar-refractivity contribution in [3.63, 3.8) is 0 Å². The molecule has 170 valence electrons. The van der Waals surface area contributed by atoms with Crippen LogP contribution >= 0.6 is 0 Å². The molecule has 0 saturated carbocycles. The minimum absolute atomic E-state index is 0.107. The zero-order valence-electron chi connectivity index (χ0n) is 16.3. The Kier molecular flexibility index (Phi) is 5.44. The number of aliphatic hydroxyl groups excluding tert-OH is 4. The molecular formula is C21H20O11. The van der Waals surface area contributed by atoms with E-state index in [0.29, 0.717) is 0 Å². The Morgan fingerprint density at radius 2 is 1.53 bits per heavy atom. The number of hydrogen-bond acceptors (Lipinski definition) is 11. The van der Waals surface area contributed by atoms with E-state index in [4.69, 9.17) is 9.15 Å². The van der Waals surface area contributed by atoms with Gasteiger partial charge < -0.3 is 50.0 Å². The van der Waals surface area contributed by atoms with E-state index < -0.39 is 70.8 Å². The highest BCUT2D eigenvalue weighted by atomic mass is 16.5. The molecule has 32 heavy (non-hydrogen) atoms. The van der Waals surface area contributed by atoms with Crippen LogP contribution in [-0.2, 0) is 4.74 Å². The summed E-state index contributed by atoms with van der Waals surface area (Å²) in [6.45, 7) is -0.741. The van der Waals surface area contributed by atoms with Gasteiger partial charge in [0.05, 0.1) is 12.2 Å². The SMILES string of the molecule is O=c1c([C@@H]2O[C@H](CO)[C@@H](O)[C@H](O)[C@H]2O)c(-c2ccc(O)cc2)oc2c(O)c(O)cc(O)c12. The fourth-order valence-electron chi connectivity index (χ4n) is 3.76. The summed E-state index contributed by atoms with van der Waals surface area (Å²) in [7, 11) is 0. The standard InChI is InChI=1S/C21H20O11/c22-6-11-15(27)17(29)18(30)21(31-11)13-16(28)12-9(24)5-10(25)14(26)20(12)32-19(13)7-1-3-8(23)4-2-7/h1-5,11,15,17-18,21-27,29-30H,6H2/t11-,15-,17+,18-,21+/m1/s1. The van der Waals surface area contributed by atoms with Crippen LogP contribution < -0.4 is 5.43 Å². The van der Waals surface area contributed by atoms with E-state index in [0.717, 1.165) is 6.07 Å². The lowest BCUT2D eigenvalue weighted by molar-refractivity contribution is -0.232. The second-order valence-corrected chi connectivity index (χ2v) is 7.44. The van der Waals surface area contributed by atoms with Crippen LogP contribution in [0.15, 0.2) is 39.5 Å². The number of hydrogen-bond donors (Lipinski definition) is 8. The van der Waals surface area contributed by atoms with Crippen molar-refractivity contribution < 1.29 is 50.0 Å². The summed E-state index contributed by atoms with van der Waals surface area (Å²) >= 11 is 0. The first-order valence-electron chi connectivity index (χ1n) is 9.50. The maximum atomic E-state index is 13.4. The van der Waals surface area contributed by atoms with Gasteiger partial charge in [-0.2, -0.15) is 0 Å². The second kappa shape index (κ2) is 7.97. The summed E-state index contributed by atoms with van der Waals surface area (Å²) < 4.78 is 11.2. The highest BCUT2D eigenvalue weighted by Gasteiger charge is 2.46. The van der Waals surface area contributed by atoms with Crippen LogP contribution in [0.4, 0.5) is 0 Å². The lowest BCUT2D eigenvalue weighted by Gasteiger charge is -2.40. The molecule has 11 heteroatoms. The van der Waals surface area contributed by atoms with E-state index in [1.54, 1.807) is 0 Å². The summed E-state index contributed by atoms with van der Waals surface area (Å²) in [4.78, 5) is 13.4. The van der Waals surface area contributed by atoms with Crippen molar-refractivity contribution in [2.24, 2.45) is 0 Å². The number of benzene rings is 2. The number of fused-ring (bicyclic) bond motifs is 1. The second-order valence-electron chi connectivity index (χ2n) is 7.44. The minimum Gasteiger partial charge on any atom is -0.508 e. The Balaban J connectivity index is 2.06. The molecule has 4 rings (SSSR count). The van der Waals surface area contributed by atoms with Crippen LogP contribution in [0.3, 0.4) is 0 Å². The third kappa shape index (κ3) is 3.32. The molecule has 1 aliphatic rings. The molecule has 0 bridgehead atoms. The molecule has 1 saturated heterocycles. The van der Waals surface area contributed by atoms with Crippen LogP contribution in [0.1, 0.15) is 11.7 Å². The van der Waals surface area contributed by atoms with E-state index in [9.17, 15) is 45.6 Å². The van der Waals surface area contributed by atoms with Crippen molar-refractivity contribution in [3.05, 3.63) is 46.1 Å². The molecule has 2 heterocycles. The highest BCUT2D eigenvalue weighted by Crippen LogP contribution is 2.43. The fraction of sp³-hybridized carbons (Fsp3) is 0.286. The van der Waals surface area contributed by atoms with Crippen LogP contribution in [0.25, 0.3) is 22.3 Å². The highest BCUT2D eigenvalue weighted by molar-refractivity contribution is 5.92. The molecule has 8 N–H and O–H groups in total. The van der Waals surface area contributed by atoms with Gasteiger partial charge in [0.25, 0.3) is 0 Å². The van der Waals surface area contributed by atoms with Crippen molar-refractivity contribution in [3.8, 4) is 34.3 Å². The smallest absolute Gasteiger partial charge is 0.203 e. The van der Waals surface area contributed by atoms with Crippen molar-refractivity contribution in [2.45, 2.75) is 30.5 Å². The Morgan fingerprint density at radius 1 is 0.875 bits per heavy atom. The van der Waals surface area contributed by atoms with Gasteiger partial charge in [-0.3, -0.25) is 4.79 Å². The van der Waals surface area contributed by atoms with E-state index in [-0.39, 0.29) is 22.6 Å². The predicted molar refractivity (Wildman–Crippen MR) is 107 cm³/mol. The van der Waals surface area contributed by atoms with E-state index >= 15 is 0 Å². The van der Waals surface area contributed by atoms with E-state index in [1.807, 2.05) is 0 Å². The first kappa shape index (κ1) is 21.9. The number of ether oxygens (including phenoxy) is 1. The Hall–Kier alpha value is -3.35. The van der Waals surface area contributed by atoms with Crippen molar-refractivity contribution in [2.75, 3.05) is 6.61 Å². The van der Waals surface area contributed by atoms with Gasteiger partial charge in [0.15, 0.2) is 11.3 Å². The summed E-state index contributed by atoms with van der Waals surface area (Å²) in [5.41, 5.74) is -1.73. The molecule has 0 unspecified atom stereocenters. The molecule has 3 aromatic rings. The van der Waals surface area contributed by atoms with Crippen LogP contribution in [0, 0.1) is 0 Å². The maximum absolute atomic E-state index is 13.4. The predicted octanol–water partition coefficient (Wildman–Crippen LogP) is -0.203. The van der Waals surface area contributed by atoms with Gasteiger partial charge in [0, 0.05) is 11.6 Å². The zero-order valence-corrected chi connectivity index (χ0v) is 16.3. The van der Waals surface area contributed by atoms with Gasteiger partial charge in [0.1, 0.15) is 53.2 Å². The number of rotatable bonds is 3. The lowest BCUT2D eigenvalue weighted by Crippen LogP contribution is -2.55. The summed E-state index contributed by atoms with van der Waals surface area (Å²) in [6, 6.07) is 5.98. The van der Waals surface area contributed by atoms with Gasteiger partial charge in [-0.25, -0.2) is 0 Å². The van der Waals surface area contributed by atoms with E-state index in [1.165, 1.54) is 24.3 Å². The van der Waals surface area contributed by atoms with Crippen molar-refractivity contribution >= 4 is 11.0 Å². The molecule has 1 fully saturated rings. The van der Waals surface area contributed by atoms with Gasteiger partial charge in [-0.1, -0.05) is 0 Å². The molecular weight excluding hydrogens is 428 g/mol. The molecule has 11 nitrogen and oxygen atoms in total. The fourth-order valence-corrected chi connectivity index (χ4v) is 3.76. The first-order chi connectivity index (χ1) is 15.1. The van der Waals surface area contributed by atoms with Crippen molar-refractivity contribution in [1.29, 1.82) is 0 Å². The van der Waals surface area contributed by atoms with Crippen LogP contribution in [0.5, 0.6) is 23.0 Å². The first-order valence-corrected chi connectivity index (χ1v) is 9.50. The summed E-state index contributed by atoms with van der Waals surface area (Å²) in [5, 5.41) is 79.6. The minimum atomic E-state index is -1.84. The Bertz CT molecular complexity index is 1220. The number of aliphatic hydroxyl groups is 4. The molecule has 1 aliphatic heterocycles. The van der Waals surface area contributed by atoms with E-state index in [2.05, 4.69) is 0 Å². The lowest BCUT2D eigenvalue weighted by atomic mass is 9.89. The summed E-state index contributed by atoms with van der Waals surface area (Å²) in [5.74, 6) is -2.69. The molecule has 0 spiro atoms. The molecule has 0 aliphatic carbocycles. The number of aromatic hydroxyl groups is 4. The quantitative estimate of drug-likeness (QED) is 0.195. The molecule has 2 aromatic carbocycles. The molecule has 1 aromatic heterocycles. The van der Waals surface area contributed by atoms with Crippen LogP contribution in [-0.4, -0.2) is 71.9 Å². The van der Waals surface area contributed by atoms with Gasteiger partial charge >= 0.3 is 0 Å². The number of phenols is 4. The number of phenolic OH excluding ortho intramolecular Hbond substituents is 4. The van der Waals surface area contributed by atoms with Crippen LogP contribution in [0.2, 0.25) is 0 Å². The zero-order chi connectivity index (χ0) is 23.3. The van der Waals surface area contributed by atoms with Gasteiger partial charge in [-0.15, -0.1) is 0 Å².